The molecule has 4 nitrogen and oxygen atoms in total. The number of nitrogens with one attached hydrogen (secondary N) is 2. The molecule has 1 aliphatic carbocycles. The Kier molecular flexibility index (Phi) is 7.81. The predicted molar refractivity (Wildman–Crippen MR) is 77.1 cm³/mol. The molecule has 0 spiro atoms. The monoisotopic (exact) mass is 255 g/mol. The van der Waals surface area contributed by atoms with E-state index in [4.69, 9.17) is 4.74 Å². The lowest BCUT2D eigenvalue weighted by atomic mass is 10.2. The minimum Gasteiger partial charge on any atom is -0.379 e. The summed E-state index contributed by atoms with van der Waals surface area (Å²) in [6, 6.07) is 0.620. The molecule has 1 saturated carbocycles. The van der Waals surface area contributed by atoms with Gasteiger partial charge in [0.05, 0.1) is 6.10 Å². The van der Waals surface area contributed by atoms with Crippen molar-refractivity contribution in [3.05, 3.63) is 0 Å². The maximum atomic E-state index is 5.51. The van der Waals surface area contributed by atoms with E-state index in [9.17, 15) is 0 Å². The Balaban J connectivity index is 2.21. The highest BCUT2D eigenvalue weighted by Crippen LogP contribution is 2.17. The van der Waals surface area contributed by atoms with Gasteiger partial charge in [0.25, 0.3) is 0 Å². The normalized spacial score (nSPS) is 17.4. The number of ether oxygens (including phenoxy) is 1. The minimum absolute atomic E-state index is 0.318. The van der Waals surface area contributed by atoms with Gasteiger partial charge in [-0.25, -0.2) is 0 Å². The van der Waals surface area contributed by atoms with E-state index in [1.54, 1.807) is 0 Å². The second-order valence-electron chi connectivity index (χ2n) is 5.16. The first kappa shape index (κ1) is 15.3. The lowest BCUT2D eigenvalue weighted by Gasteiger charge is -2.16. The van der Waals surface area contributed by atoms with E-state index < -0.39 is 0 Å². The van der Waals surface area contributed by atoms with Crippen LogP contribution >= 0.6 is 0 Å². The first-order valence-corrected chi connectivity index (χ1v) is 7.38. The molecule has 0 aromatic carbocycles. The van der Waals surface area contributed by atoms with Crippen LogP contribution in [0.3, 0.4) is 0 Å². The average Bonchev–Trinajstić information content (AvgIpc) is 2.81. The molecular weight excluding hydrogens is 226 g/mol. The number of aliphatic imine (C=N–C) groups is 1. The summed E-state index contributed by atoms with van der Waals surface area (Å²) in [6.07, 6.45) is 6.55. The minimum atomic E-state index is 0.318. The van der Waals surface area contributed by atoms with Crippen LogP contribution in [0.2, 0.25) is 0 Å². The Morgan fingerprint density at radius 1 is 1.33 bits per heavy atom. The van der Waals surface area contributed by atoms with E-state index >= 15 is 0 Å². The molecule has 1 aliphatic rings. The fraction of sp³-hybridized carbons (Fsp3) is 0.929. The Morgan fingerprint density at radius 2 is 2.06 bits per heavy atom. The Bertz CT molecular complexity index is 235. The zero-order chi connectivity index (χ0) is 13.2. The van der Waals surface area contributed by atoms with Crippen molar-refractivity contribution in [2.45, 2.75) is 65.0 Å². The van der Waals surface area contributed by atoms with Crippen LogP contribution in [0.4, 0.5) is 0 Å². The van der Waals surface area contributed by atoms with Crippen molar-refractivity contribution in [2.24, 2.45) is 4.99 Å². The molecule has 4 heteroatoms. The maximum absolute atomic E-state index is 5.51. The van der Waals surface area contributed by atoms with E-state index in [2.05, 4.69) is 36.4 Å². The van der Waals surface area contributed by atoms with Gasteiger partial charge in [-0.1, -0.05) is 12.8 Å². The number of hydrogen-bond acceptors (Lipinski definition) is 2. The van der Waals surface area contributed by atoms with Gasteiger partial charge in [-0.3, -0.25) is 4.99 Å². The summed E-state index contributed by atoms with van der Waals surface area (Å²) in [6.45, 7) is 8.78. The fourth-order valence-corrected chi connectivity index (χ4v) is 2.16. The summed E-state index contributed by atoms with van der Waals surface area (Å²) < 4.78 is 5.51. The van der Waals surface area contributed by atoms with Crippen LogP contribution in [0.5, 0.6) is 0 Å². The Labute approximate surface area is 112 Å². The quantitative estimate of drug-likeness (QED) is 0.417. The third-order valence-corrected chi connectivity index (χ3v) is 3.06. The molecule has 0 aliphatic heterocycles. The van der Waals surface area contributed by atoms with E-state index in [-0.39, 0.29) is 0 Å². The number of nitrogens with zero attached hydrogens (tertiary/aromatic N) is 1. The molecule has 1 fully saturated rings. The molecule has 0 bridgehead atoms. The molecule has 0 radical (unpaired) electrons. The van der Waals surface area contributed by atoms with Gasteiger partial charge in [0.1, 0.15) is 0 Å². The third kappa shape index (κ3) is 6.84. The molecule has 0 saturated heterocycles. The molecule has 1 rings (SSSR count). The van der Waals surface area contributed by atoms with Crippen LogP contribution in [-0.4, -0.2) is 37.8 Å². The zero-order valence-electron chi connectivity index (χ0n) is 12.2. The first-order chi connectivity index (χ1) is 8.72. The van der Waals surface area contributed by atoms with Crippen molar-refractivity contribution in [1.29, 1.82) is 0 Å². The van der Waals surface area contributed by atoms with Crippen LogP contribution in [0.15, 0.2) is 4.99 Å². The van der Waals surface area contributed by atoms with Gasteiger partial charge in [0.15, 0.2) is 5.96 Å². The lowest BCUT2D eigenvalue weighted by molar-refractivity contribution is 0.0782. The number of hydrogen-bond donors (Lipinski definition) is 2. The van der Waals surface area contributed by atoms with E-state index in [0.29, 0.717) is 12.1 Å². The second-order valence-corrected chi connectivity index (χ2v) is 5.16. The summed E-state index contributed by atoms with van der Waals surface area (Å²) in [5, 5.41) is 6.82. The summed E-state index contributed by atoms with van der Waals surface area (Å²) >= 11 is 0. The molecule has 0 atom stereocenters. The molecule has 0 aromatic rings. The van der Waals surface area contributed by atoms with Gasteiger partial charge in [0, 0.05) is 25.7 Å². The van der Waals surface area contributed by atoms with Crippen molar-refractivity contribution in [2.75, 3.05) is 19.7 Å². The fourth-order valence-electron chi connectivity index (χ4n) is 2.16. The number of guanidine groups is 1. The molecule has 0 heterocycles. The largest absolute Gasteiger partial charge is 0.379 e. The number of rotatable bonds is 7. The van der Waals surface area contributed by atoms with Gasteiger partial charge in [-0.15, -0.1) is 0 Å². The molecule has 18 heavy (non-hydrogen) atoms. The van der Waals surface area contributed by atoms with Crippen molar-refractivity contribution >= 4 is 5.96 Å². The summed E-state index contributed by atoms with van der Waals surface area (Å²) in [7, 11) is 0. The van der Waals surface area contributed by atoms with Crippen LogP contribution < -0.4 is 10.6 Å². The molecular formula is C14H29N3O. The van der Waals surface area contributed by atoms with Gasteiger partial charge in [-0.2, -0.15) is 0 Å². The molecule has 2 N–H and O–H groups in total. The molecule has 0 amide bonds. The van der Waals surface area contributed by atoms with E-state index in [1.165, 1.54) is 25.7 Å². The summed E-state index contributed by atoms with van der Waals surface area (Å²) in [5.41, 5.74) is 0. The maximum Gasteiger partial charge on any atom is 0.191 e. The van der Waals surface area contributed by atoms with Gasteiger partial charge in [-0.05, 0) is 40.0 Å². The topological polar surface area (TPSA) is 45.7 Å². The van der Waals surface area contributed by atoms with Crippen LogP contribution in [0.25, 0.3) is 0 Å². The van der Waals surface area contributed by atoms with Crippen molar-refractivity contribution in [1.82, 2.24) is 10.6 Å². The summed E-state index contributed by atoms with van der Waals surface area (Å²) in [5.74, 6) is 0.967. The predicted octanol–water partition coefficient (Wildman–Crippen LogP) is 2.30. The second kappa shape index (κ2) is 9.20. The van der Waals surface area contributed by atoms with Crippen molar-refractivity contribution in [3.63, 3.8) is 0 Å². The van der Waals surface area contributed by atoms with Crippen LogP contribution in [-0.2, 0) is 4.74 Å². The smallest absolute Gasteiger partial charge is 0.191 e. The van der Waals surface area contributed by atoms with Gasteiger partial charge >= 0.3 is 0 Å². The van der Waals surface area contributed by atoms with Gasteiger partial charge in [0.2, 0.25) is 0 Å². The van der Waals surface area contributed by atoms with Crippen molar-refractivity contribution in [3.8, 4) is 0 Å². The molecule has 0 aromatic heterocycles. The van der Waals surface area contributed by atoms with Crippen LogP contribution in [0, 0.1) is 0 Å². The molecule has 0 unspecified atom stereocenters. The highest BCUT2D eigenvalue weighted by atomic mass is 16.5. The lowest BCUT2D eigenvalue weighted by Crippen LogP contribution is -2.42. The first-order valence-electron chi connectivity index (χ1n) is 7.38. The Hall–Kier alpha value is -0.770. The van der Waals surface area contributed by atoms with Crippen molar-refractivity contribution < 1.29 is 4.74 Å². The van der Waals surface area contributed by atoms with E-state index in [1.807, 2.05) is 0 Å². The van der Waals surface area contributed by atoms with Gasteiger partial charge < -0.3 is 15.4 Å². The van der Waals surface area contributed by atoms with Crippen LogP contribution in [0.1, 0.15) is 52.9 Å². The Morgan fingerprint density at radius 3 is 2.67 bits per heavy atom. The highest BCUT2D eigenvalue weighted by molar-refractivity contribution is 5.80. The standard InChI is InChI=1S/C14H29N3O/c1-4-15-14(17-13-8-5-6-9-13)16-10-7-11-18-12(2)3/h12-13H,4-11H2,1-3H3,(H2,15,16,17). The molecule has 106 valence electrons. The zero-order valence-corrected chi connectivity index (χ0v) is 12.2. The summed E-state index contributed by atoms with van der Waals surface area (Å²) in [4.78, 5) is 4.59. The highest BCUT2D eigenvalue weighted by Gasteiger charge is 2.15. The third-order valence-electron chi connectivity index (χ3n) is 3.06. The SMILES string of the molecule is CCNC(=NCCCOC(C)C)NC1CCCC1. The van der Waals surface area contributed by atoms with E-state index in [0.717, 1.165) is 32.1 Å². The average molecular weight is 255 g/mol.